The molecule has 20 unspecified atom stereocenters. The molecule has 14 rings (SSSR count). The van der Waals surface area contributed by atoms with Gasteiger partial charge in [0.2, 0.25) is 30.5 Å². The van der Waals surface area contributed by atoms with Crippen LogP contribution in [0.2, 0.25) is 0 Å². The number of hydrogen-bond acceptors (Lipinski definition) is 23. The van der Waals surface area contributed by atoms with Crippen LogP contribution in [0.1, 0.15) is 256 Å². The standard InChI is InChI=1S/C24H34O6.C14H22O4.C13H20O5.C13H20O4.C12H18O4/c1-4-22(2,3)20(26)30-24-11-14-8-15(12-24)10-23(9-14,13-24)21(27)29-18-16-6-5-7-17(16)28-19(18)25;1-4-14(2,3)13(16)18-11-10-7-5-6-9(10)8-17-12(11)15;1-3-13(2,7-14)12(16)18-10-8-5-4-6-9(8)17-11(10)15;1-3-8(2)12(14)17-11-9-6-4-5-7-10(9)16-13(11)15;1-3-7(2)11(13)16-10-8-5-4-6-9(8)15-12(10)14/h14-18H,4-13H2,1-3H3;9-11H,4-8H2,1-3H3;8-10,14H,3-7H2,1-2H3;8-11H,3-7H2,1-2H3;7-10H,3-6H2,1-2H3. The van der Waals surface area contributed by atoms with Crippen LogP contribution < -0.4 is 0 Å². The van der Waals surface area contributed by atoms with Gasteiger partial charge >= 0.3 is 65.7 Å². The lowest BCUT2D eigenvalue weighted by atomic mass is 9.48. The van der Waals surface area contributed by atoms with E-state index in [2.05, 4.69) is 0 Å². The van der Waals surface area contributed by atoms with Crippen molar-refractivity contribution in [3.05, 3.63) is 0 Å². The molecule has 14 aliphatic rings. The third kappa shape index (κ3) is 17.1. The molecule has 5 saturated heterocycles. The van der Waals surface area contributed by atoms with Gasteiger partial charge in [-0.2, -0.15) is 0 Å². The Labute approximate surface area is 584 Å². The van der Waals surface area contributed by atoms with Crippen molar-refractivity contribution < 1.29 is 110 Å². The number of carbonyl (C=O) groups is 11. The van der Waals surface area contributed by atoms with Gasteiger partial charge in [-0.1, -0.05) is 61.3 Å². The molecule has 9 saturated carbocycles. The summed E-state index contributed by atoms with van der Waals surface area (Å²) >= 11 is 0. The van der Waals surface area contributed by atoms with Crippen molar-refractivity contribution in [1.82, 2.24) is 0 Å². The smallest absolute Gasteiger partial charge is 0.348 e. The number of aliphatic hydroxyl groups is 1. The van der Waals surface area contributed by atoms with Gasteiger partial charge < -0.3 is 57.2 Å². The van der Waals surface area contributed by atoms with Gasteiger partial charge in [-0.3, -0.25) is 28.8 Å². The normalized spacial score (nSPS) is 36.6. The van der Waals surface area contributed by atoms with Crippen LogP contribution in [-0.4, -0.2) is 145 Å². The topological polar surface area (TPSA) is 310 Å². The molecule has 23 heteroatoms. The van der Waals surface area contributed by atoms with Gasteiger partial charge in [0.25, 0.3) is 0 Å². The summed E-state index contributed by atoms with van der Waals surface area (Å²) in [6.45, 7) is 22.6. The van der Waals surface area contributed by atoms with E-state index in [1.807, 2.05) is 76.2 Å². The van der Waals surface area contributed by atoms with Crippen LogP contribution in [0, 0.1) is 80.8 Å². The highest BCUT2D eigenvalue weighted by atomic mass is 16.6. The van der Waals surface area contributed by atoms with Crippen molar-refractivity contribution in [2.45, 2.75) is 317 Å². The molecule has 9 aliphatic carbocycles. The highest BCUT2D eigenvalue weighted by molar-refractivity contribution is 5.87. The molecule has 99 heavy (non-hydrogen) atoms. The first-order chi connectivity index (χ1) is 46.9. The lowest BCUT2D eigenvalue weighted by molar-refractivity contribution is -0.220. The summed E-state index contributed by atoms with van der Waals surface area (Å²) < 4.78 is 59.8. The van der Waals surface area contributed by atoms with E-state index >= 15 is 0 Å². The molecule has 4 bridgehead atoms. The molecule has 5 heterocycles. The molecule has 0 amide bonds. The molecule has 0 aromatic rings. The highest BCUT2D eigenvalue weighted by Crippen LogP contribution is 2.64. The predicted octanol–water partition coefficient (Wildman–Crippen LogP) is 11.0. The van der Waals surface area contributed by atoms with Crippen LogP contribution in [0.5, 0.6) is 0 Å². The Morgan fingerprint density at radius 2 is 0.848 bits per heavy atom. The number of esters is 11. The maximum atomic E-state index is 13.5. The van der Waals surface area contributed by atoms with E-state index in [0.29, 0.717) is 50.0 Å². The van der Waals surface area contributed by atoms with Gasteiger partial charge in [0.15, 0.2) is 0 Å². The van der Waals surface area contributed by atoms with Crippen LogP contribution in [0.25, 0.3) is 0 Å². The van der Waals surface area contributed by atoms with E-state index in [4.69, 9.17) is 52.1 Å². The third-order valence-corrected chi connectivity index (χ3v) is 25.1. The summed E-state index contributed by atoms with van der Waals surface area (Å²) in [4.78, 5) is 133. The van der Waals surface area contributed by atoms with Crippen molar-refractivity contribution in [3.8, 4) is 0 Å². The first-order valence-corrected chi connectivity index (χ1v) is 37.8. The van der Waals surface area contributed by atoms with Crippen LogP contribution in [0.3, 0.4) is 0 Å². The third-order valence-electron chi connectivity index (χ3n) is 25.1. The van der Waals surface area contributed by atoms with E-state index in [-0.39, 0.29) is 126 Å². The zero-order chi connectivity index (χ0) is 72.1. The van der Waals surface area contributed by atoms with Gasteiger partial charge in [-0.15, -0.1) is 0 Å². The molecule has 556 valence electrons. The van der Waals surface area contributed by atoms with Crippen LogP contribution >= 0.6 is 0 Å². The number of carbonyl (C=O) groups excluding carboxylic acids is 11. The lowest BCUT2D eigenvalue weighted by Crippen LogP contribution is -2.61. The van der Waals surface area contributed by atoms with Crippen LogP contribution in [0.4, 0.5) is 0 Å². The first-order valence-electron chi connectivity index (χ1n) is 37.8. The van der Waals surface area contributed by atoms with Crippen molar-refractivity contribution in [1.29, 1.82) is 0 Å². The molecule has 1 N–H and O–H groups in total. The Hall–Kier alpha value is -5.87. The minimum atomic E-state index is -0.934. The molecule has 23 nitrogen and oxygen atoms in total. The Kier molecular flexibility index (Phi) is 25.1. The number of cyclic esters (lactones) is 1. The summed E-state index contributed by atoms with van der Waals surface area (Å²) in [6.07, 6.45) is 20.1. The monoisotopic (exact) mass is 1390 g/mol. The molecular weight excluding hydrogens is 1280 g/mol. The van der Waals surface area contributed by atoms with Crippen molar-refractivity contribution >= 4 is 65.7 Å². The van der Waals surface area contributed by atoms with Gasteiger partial charge in [0.1, 0.15) is 30.0 Å². The number of ether oxygens (including phenoxy) is 11. The van der Waals surface area contributed by atoms with Crippen LogP contribution in [-0.2, 0) is 105 Å². The van der Waals surface area contributed by atoms with Gasteiger partial charge in [0.05, 0.1) is 46.7 Å². The second-order valence-electron chi connectivity index (χ2n) is 32.8. The number of rotatable bonds is 18. The summed E-state index contributed by atoms with van der Waals surface area (Å²) in [5.41, 5.74) is -3.18. The molecule has 14 fully saturated rings. The molecular formula is C76H114O23. The van der Waals surface area contributed by atoms with E-state index in [0.717, 1.165) is 148 Å². The SMILES string of the molecule is CCC(C)(C)C(=O)OC12CC3CC(C1)CC(C(=O)OC1C(=O)OC4CCCC41)(C3)C2.CCC(C)(C)C(=O)OC1C(=O)OCC2CCCC21.CCC(C)(CO)C(=O)OC1C(=O)OC2CCCC21.CCC(C)C(=O)OC1C(=O)OC2CCCC21.CCC(C)C(=O)OC1C(=O)OC2CCCCC21. The maximum Gasteiger partial charge on any atom is 0.348 e. The summed E-state index contributed by atoms with van der Waals surface area (Å²) in [6, 6.07) is 0. The van der Waals surface area contributed by atoms with Gasteiger partial charge in [0, 0.05) is 41.9 Å². The largest absolute Gasteiger partial charge is 0.463 e. The summed E-state index contributed by atoms with van der Waals surface area (Å²) in [7, 11) is 0. The second kappa shape index (κ2) is 32.2. The fourth-order valence-corrected chi connectivity index (χ4v) is 17.4. The average Bonchev–Trinajstić information content (AvgIpc) is 1.71. The van der Waals surface area contributed by atoms with E-state index < -0.39 is 69.7 Å². The highest BCUT2D eigenvalue weighted by Gasteiger charge is 2.65. The lowest BCUT2D eigenvalue weighted by Gasteiger charge is -2.60. The fraction of sp³-hybridized carbons (Fsp3) is 0.855. The minimum Gasteiger partial charge on any atom is -0.463 e. The fourth-order valence-electron chi connectivity index (χ4n) is 17.4. The van der Waals surface area contributed by atoms with Crippen molar-refractivity contribution in [3.63, 3.8) is 0 Å². The van der Waals surface area contributed by atoms with Crippen molar-refractivity contribution in [2.75, 3.05) is 13.2 Å². The van der Waals surface area contributed by atoms with E-state index in [1.54, 1.807) is 6.92 Å². The number of fused-ring (bicyclic) bond motifs is 5. The zero-order valence-electron chi connectivity index (χ0n) is 60.9. The first kappa shape index (κ1) is 77.3. The Balaban J connectivity index is 0.000000148. The Bertz CT molecular complexity index is 2930. The second-order valence-corrected chi connectivity index (χ2v) is 32.8. The minimum absolute atomic E-state index is 0.00116. The summed E-state index contributed by atoms with van der Waals surface area (Å²) in [5.74, 6) is -2.46. The molecule has 5 aliphatic heterocycles. The van der Waals surface area contributed by atoms with E-state index in [9.17, 15) is 57.8 Å². The molecule has 0 aromatic carbocycles. The van der Waals surface area contributed by atoms with Crippen molar-refractivity contribution in [2.24, 2.45) is 80.8 Å². The predicted molar refractivity (Wildman–Crippen MR) is 353 cm³/mol. The quantitative estimate of drug-likeness (QED) is 0.0984. The molecule has 20 atom stereocenters. The number of hydrogen-bond donors (Lipinski definition) is 1. The van der Waals surface area contributed by atoms with E-state index in [1.165, 1.54) is 0 Å². The molecule has 0 spiro atoms. The Morgan fingerprint density at radius 3 is 1.29 bits per heavy atom. The zero-order valence-corrected chi connectivity index (χ0v) is 60.9. The molecule has 0 radical (unpaired) electrons. The van der Waals surface area contributed by atoms with Gasteiger partial charge in [-0.25, -0.2) is 24.0 Å². The summed E-state index contributed by atoms with van der Waals surface area (Å²) in [5, 5.41) is 9.27. The van der Waals surface area contributed by atoms with Gasteiger partial charge in [-0.05, 0) is 201 Å². The maximum absolute atomic E-state index is 13.5. The van der Waals surface area contributed by atoms with Crippen LogP contribution in [0.15, 0.2) is 0 Å². The molecule has 0 aromatic heterocycles. The Morgan fingerprint density at radius 1 is 0.465 bits per heavy atom. The number of aliphatic hydroxyl groups excluding tert-OH is 1. The average molecular weight is 1400 g/mol.